The Kier molecular flexibility index (Phi) is 5.47. The van der Waals surface area contributed by atoms with Gasteiger partial charge in [0.25, 0.3) is 11.8 Å². The first-order valence-corrected chi connectivity index (χ1v) is 11.9. The standard InChI is InChI=1S/C26H28N4O4/c31-25-21-22(24(28-25)18-3-7-20(8-4-18)30-11-15-34-16-12-30)26(32)27-23(21)17-1-5-19(6-2-17)29-9-13-33-14-10-29/h1-8,23-24H,9-16H2,(H,27,32)(H,28,31). The number of carbonyl (C=O) groups excluding carboxylic acids is 2. The van der Waals surface area contributed by atoms with Gasteiger partial charge in [-0.1, -0.05) is 24.3 Å². The van der Waals surface area contributed by atoms with E-state index in [4.69, 9.17) is 9.47 Å². The maximum absolute atomic E-state index is 13.0. The van der Waals surface area contributed by atoms with Crippen LogP contribution in [-0.4, -0.2) is 64.4 Å². The molecule has 8 heteroatoms. The highest BCUT2D eigenvalue weighted by molar-refractivity contribution is 6.14. The molecular weight excluding hydrogens is 432 g/mol. The first-order valence-electron chi connectivity index (χ1n) is 11.9. The first-order chi connectivity index (χ1) is 16.7. The molecule has 34 heavy (non-hydrogen) atoms. The van der Waals surface area contributed by atoms with Crippen molar-refractivity contribution >= 4 is 23.2 Å². The number of anilines is 2. The highest BCUT2D eigenvalue weighted by atomic mass is 16.5. The third-order valence-corrected chi connectivity index (χ3v) is 7.11. The molecule has 176 valence electrons. The van der Waals surface area contributed by atoms with E-state index in [1.165, 1.54) is 0 Å². The minimum Gasteiger partial charge on any atom is -0.378 e. The van der Waals surface area contributed by atoms with E-state index >= 15 is 0 Å². The molecule has 4 aliphatic heterocycles. The first kappa shape index (κ1) is 21.2. The number of hydrogen-bond acceptors (Lipinski definition) is 6. The van der Waals surface area contributed by atoms with Crippen LogP contribution >= 0.6 is 0 Å². The Morgan fingerprint density at radius 2 is 0.941 bits per heavy atom. The molecule has 0 aromatic heterocycles. The van der Waals surface area contributed by atoms with Crippen molar-refractivity contribution in [2.24, 2.45) is 0 Å². The molecule has 2 fully saturated rings. The minimum atomic E-state index is -0.432. The zero-order valence-electron chi connectivity index (χ0n) is 19.0. The lowest BCUT2D eigenvalue weighted by molar-refractivity contribution is -0.118. The molecule has 4 heterocycles. The predicted octanol–water partition coefficient (Wildman–Crippen LogP) is 1.70. The topological polar surface area (TPSA) is 83.1 Å². The molecule has 2 amide bonds. The lowest BCUT2D eigenvalue weighted by Crippen LogP contribution is -2.36. The number of benzene rings is 2. The number of nitrogens with one attached hydrogen (secondary N) is 2. The van der Waals surface area contributed by atoms with Gasteiger partial charge in [0.2, 0.25) is 0 Å². The van der Waals surface area contributed by atoms with Crippen LogP contribution in [0.3, 0.4) is 0 Å². The number of carbonyl (C=O) groups is 2. The van der Waals surface area contributed by atoms with Crippen molar-refractivity contribution in [3.63, 3.8) is 0 Å². The average molecular weight is 461 g/mol. The second-order valence-electron chi connectivity index (χ2n) is 9.02. The van der Waals surface area contributed by atoms with Crippen molar-refractivity contribution in [3.05, 3.63) is 70.8 Å². The van der Waals surface area contributed by atoms with Gasteiger partial charge in [-0.25, -0.2) is 0 Å². The molecule has 0 saturated carbocycles. The van der Waals surface area contributed by atoms with E-state index in [2.05, 4.69) is 44.7 Å². The monoisotopic (exact) mass is 460 g/mol. The van der Waals surface area contributed by atoms with Gasteiger partial charge in [-0.3, -0.25) is 9.59 Å². The van der Waals surface area contributed by atoms with Gasteiger partial charge in [0.15, 0.2) is 0 Å². The summed E-state index contributed by atoms with van der Waals surface area (Å²) in [5.74, 6) is -0.365. The maximum atomic E-state index is 13.0. The molecule has 2 saturated heterocycles. The minimum absolute atomic E-state index is 0.183. The molecule has 0 bridgehead atoms. The van der Waals surface area contributed by atoms with Gasteiger partial charge in [0, 0.05) is 37.6 Å². The number of nitrogens with zero attached hydrogens (tertiary/aromatic N) is 2. The zero-order valence-corrected chi connectivity index (χ0v) is 19.0. The number of morpholine rings is 2. The molecule has 2 atom stereocenters. The van der Waals surface area contributed by atoms with Crippen LogP contribution in [0.15, 0.2) is 59.7 Å². The van der Waals surface area contributed by atoms with Crippen molar-refractivity contribution in [1.29, 1.82) is 0 Å². The van der Waals surface area contributed by atoms with Gasteiger partial charge >= 0.3 is 0 Å². The molecule has 4 aliphatic rings. The number of amides is 2. The van der Waals surface area contributed by atoms with E-state index in [0.29, 0.717) is 11.1 Å². The van der Waals surface area contributed by atoms with Crippen LogP contribution in [0.2, 0.25) is 0 Å². The highest BCUT2D eigenvalue weighted by Crippen LogP contribution is 2.41. The molecule has 2 aromatic rings. The van der Waals surface area contributed by atoms with Crippen molar-refractivity contribution < 1.29 is 19.1 Å². The largest absolute Gasteiger partial charge is 0.378 e. The van der Waals surface area contributed by atoms with Gasteiger partial charge in [-0.05, 0) is 35.4 Å². The van der Waals surface area contributed by atoms with E-state index in [0.717, 1.165) is 75.1 Å². The number of ether oxygens (including phenoxy) is 2. The normalized spacial score (nSPS) is 24.8. The summed E-state index contributed by atoms with van der Waals surface area (Å²) in [6.45, 7) is 6.37. The van der Waals surface area contributed by atoms with Crippen LogP contribution in [0.4, 0.5) is 11.4 Å². The average Bonchev–Trinajstić information content (AvgIpc) is 3.43. The fourth-order valence-electron chi connectivity index (χ4n) is 5.28. The Bertz CT molecular complexity index is 1030. The highest BCUT2D eigenvalue weighted by Gasteiger charge is 2.46. The Balaban J connectivity index is 1.24. The van der Waals surface area contributed by atoms with E-state index in [1.807, 2.05) is 24.3 Å². The van der Waals surface area contributed by atoms with Crippen LogP contribution in [-0.2, 0) is 19.1 Å². The van der Waals surface area contributed by atoms with Crippen molar-refractivity contribution in [2.75, 3.05) is 62.4 Å². The van der Waals surface area contributed by atoms with Gasteiger partial charge in [-0.2, -0.15) is 0 Å². The maximum Gasteiger partial charge on any atom is 0.250 e. The van der Waals surface area contributed by atoms with Crippen molar-refractivity contribution in [2.45, 2.75) is 12.1 Å². The molecule has 0 radical (unpaired) electrons. The number of rotatable bonds is 4. The van der Waals surface area contributed by atoms with Crippen LogP contribution < -0.4 is 20.4 Å². The van der Waals surface area contributed by atoms with E-state index in [1.54, 1.807) is 0 Å². The lowest BCUT2D eigenvalue weighted by atomic mass is 9.95. The predicted molar refractivity (Wildman–Crippen MR) is 128 cm³/mol. The fraction of sp³-hybridized carbons (Fsp3) is 0.385. The quantitative estimate of drug-likeness (QED) is 0.723. The SMILES string of the molecule is O=C1NC(c2ccc(N3CCOCC3)cc2)C2=C1C(c1ccc(N3CCOCC3)cc1)NC2=O. The molecule has 2 N–H and O–H groups in total. The third kappa shape index (κ3) is 3.73. The Morgan fingerprint density at radius 1 is 0.588 bits per heavy atom. The molecule has 2 aromatic carbocycles. The zero-order chi connectivity index (χ0) is 23.1. The molecule has 0 aliphatic carbocycles. The third-order valence-electron chi connectivity index (χ3n) is 7.11. The Labute approximate surface area is 198 Å². The van der Waals surface area contributed by atoms with E-state index in [9.17, 15) is 9.59 Å². The van der Waals surface area contributed by atoms with Gasteiger partial charge in [0.05, 0.1) is 49.7 Å². The molecule has 8 nitrogen and oxygen atoms in total. The summed E-state index contributed by atoms with van der Waals surface area (Å²) in [5, 5.41) is 6.07. The van der Waals surface area contributed by atoms with Crippen LogP contribution in [0.25, 0.3) is 0 Å². The molecule has 6 rings (SSSR count). The summed E-state index contributed by atoms with van der Waals surface area (Å²) in [5.41, 5.74) is 5.14. The Hall–Kier alpha value is -3.36. The van der Waals surface area contributed by atoms with Crippen LogP contribution in [0.1, 0.15) is 23.2 Å². The lowest BCUT2D eigenvalue weighted by Gasteiger charge is -2.29. The fourth-order valence-corrected chi connectivity index (χ4v) is 5.28. The summed E-state index contributed by atoms with van der Waals surface area (Å²) in [7, 11) is 0. The summed E-state index contributed by atoms with van der Waals surface area (Å²) < 4.78 is 10.9. The van der Waals surface area contributed by atoms with E-state index < -0.39 is 12.1 Å². The van der Waals surface area contributed by atoms with Gasteiger partial charge < -0.3 is 29.9 Å². The van der Waals surface area contributed by atoms with Crippen molar-refractivity contribution in [1.82, 2.24) is 10.6 Å². The Morgan fingerprint density at radius 3 is 1.29 bits per heavy atom. The second-order valence-corrected chi connectivity index (χ2v) is 9.02. The second kappa shape index (κ2) is 8.77. The molecule has 2 unspecified atom stereocenters. The summed E-state index contributed by atoms with van der Waals surface area (Å²) in [4.78, 5) is 30.5. The summed E-state index contributed by atoms with van der Waals surface area (Å²) in [6, 6.07) is 15.4. The molecular formula is C26H28N4O4. The van der Waals surface area contributed by atoms with Crippen LogP contribution in [0, 0.1) is 0 Å². The smallest absolute Gasteiger partial charge is 0.250 e. The summed E-state index contributed by atoms with van der Waals surface area (Å²) >= 11 is 0. The summed E-state index contributed by atoms with van der Waals surface area (Å²) in [6.07, 6.45) is 0. The molecule has 0 spiro atoms. The van der Waals surface area contributed by atoms with Gasteiger partial charge in [0.1, 0.15) is 0 Å². The van der Waals surface area contributed by atoms with Gasteiger partial charge in [-0.15, -0.1) is 0 Å². The van der Waals surface area contributed by atoms with Crippen LogP contribution in [0.5, 0.6) is 0 Å². The van der Waals surface area contributed by atoms with Crippen molar-refractivity contribution in [3.8, 4) is 0 Å². The number of hydrogen-bond donors (Lipinski definition) is 2. The van der Waals surface area contributed by atoms with E-state index in [-0.39, 0.29) is 11.8 Å².